The Hall–Kier alpha value is -8.58. The summed E-state index contributed by atoms with van der Waals surface area (Å²) in [6.45, 7) is 0.743. The fourth-order valence-electron chi connectivity index (χ4n) is 9.58. The third kappa shape index (κ3) is 32.0. The van der Waals surface area contributed by atoms with Crippen LogP contribution >= 0.6 is 32.0 Å². The van der Waals surface area contributed by atoms with Crippen LogP contribution in [-0.4, -0.2) is 184 Å². The molecule has 6 rings (SSSR count). The van der Waals surface area contributed by atoms with E-state index in [1.165, 1.54) is 49.6 Å². The van der Waals surface area contributed by atoms with Crippen LogP contribution in [0.4, 0.5) is 11.5 Å². The molecule has 5 aromatic rings. The Morgan fingerprint density at radius 3 is 2.07 bits per heavy atom. The summed E-state index contributed by atoms with van der Waals surface area (Å²) in [7, 11) is -4.89. The van der Waals surface area contributed by atoms with Crippen LogP contribution in [0.1, 0.15) is 90.6 Å². The number of carbonyl (C=O) groups excluding carboxylic acids is 7. The molecule has 1 aliphatic heterocycles. The number of unbranched alkanes of at least 4 members (excludes halogenated alkanes) is 2. The average Bonchev–Trinajstić information content (AvgIpc) is 0.813. The molecule has 2 heterocycles. The normalized spacial score (nSPS) is 15.4. The smallest absolute Gasteiger partial charge is 0.305 e. The molecule has 1 aromatic heterocycles. The largest absolute Gasteiger partial charge is 0.744 e. The molecule has 105 heavy (non-hydrogen) atoms. The van der Waals surface area contributed by atoms with E-state index in [9.17, 15) is 71.7 Å². The molecule has 0 radical (unpaired) electrons. The van der Waals surface area contributed by atoms with Crippen LogP contribution in [0.3, 0.4) is 0 Å². The molecule has 1 aliphatic rings. The van der Waals surface area contributed by atoms with E-state index in [2.05, 4.69) is 75.1 Å². The number of aromatic nitrogens is 1. The van der Waals surface area contributed by atoms with E-state index >= 15 is 0 Å². The van der Waals surface area contributed by atoms with Gasteiger partial charge in [-0.25, -0.2) is 8.42 Å². The summed E-state index contributed by atoms with van der Waals surface area (Å²) >= 11 is 3.29. The Morgan fingerprint density at radius 1 is 0.819 bits per heavy atom. The van der Waals surface area contributed by atoms with Gasteiger partial charge in [0.25, 0.3) is 11.9 Å². The number of amides is 7. The van der Waals surface area contributed by atoms with E-state index < -0.39 is 128 Å². The molecule has 0 saturated heterocycles. The number of nitrogens with two attached hydrogens (primary N) is 2. The fraction of sp³-hybridized carbons (Fsp3) is 0.381. The number of fused-ring (bicyclic) bond motifs is 2. The van der Waals surface area contributed by atoms with Crippen LogP contribution < -0.4 is 69.9 Å². The van der Waals surface area contributed by atoms with Crippen LogP contribution in [0.5, 0.6) is 0 Å². The van der Waals surface area contributed by atoms with Crippen molar-refractivity contribution in [1.82, 2.24) is 36.5 Å². The third-order valence-electron chi connectivity index (χ3n) is 15.0. The summed E-state index contributed by atoms with van der Waals surface area (Å²) in [5.74, 6) is -7.14. The predicted octanol–water partition coefficient (Wildman–Crippen LogP) is -1.01. The number of aliphatic carboxylic acids is 2. The maximum atomic E-state index is 14.0. The van der Waals surface area contributed by atoms with Crippen molar-refractivity contribution < 1.29 is 130 Å². The maximum Gasteiger partial charge on any atom is 0.305 e. The van der Waals surface area contributed by atoms with Crippen molar-refractivity contribution >= 4 is 123 Å². The second kappa shape index (κ2) is 46.4. The summed E-state index contributed by atoms with van der Waals surface area (Å²) in [6.07, 6.45) is 3.24. The van der Waals surface area contributed by atoms with Crippen molar-refractivity contribution in [2.75, 3.05) is 63.8 Å². The Morgan fingerprint density at radius 2 is 1.47 bits per heavy atom. The molecule has 0 aliphatic carbocycles. The Balaban J connectivity index is 0.000000435. The molecule has 0 fully saturated rings. The number of guanidine groups is 1. The van der Waals surface area contributed by atoms with Crippen molar-refractivity contribution in [3.8, 4) is 0 Å². The first kappa shape index (κ1) is 88.8. The molecule has 4 aromatic carbocycles. The van der Waals surface area contributed by atoms with Crippen molar-refractivity contribution in [2.24, 2.45) is 26.1 Å². The number of rotatable bonds is 34. The van der Waals surface area contributed by atoms with Gasteiger partial charge in [0, 0.05) is 67.4 Å². The average molecular weight is 1630 g/mol. The number of likely N-dealkylation sites (N-methyl/N-ethyl adjacent to an activating group) is 1. The van der Waals surface area contributed by atoms with Gasteiger partial charge in [-0.2, -0.15) is 8.67 Å². The van der Waals surface area contributed by atoms with Gasteiger partial charge in [0.05, 0.1) is 66.6 Å². The van der Waals surface area contributed by atoms with Crippen molar-refractivity contribution in [1.29, 1.82) is 0 Å². The number of carboxylic acids is 2. The van der Waals surface area contributed by atoms with Crippen LogP contribution in [0.25, 0.3) is 5.32 Å². The molecule has 42 heteroatoms. The Kier molecular flexibility index (Phi) is 39.2. The molecule has 37 nitrogen and oxygen atoms in total. The SMILES string of the molecule is CC(C)C1NC(=O)c2cc(cc(NC(=O)CCCCCNC(=O)c3ccc(N[N]=[Tc])nc3)c2)CNC(=O)[C@H](CC(=O)O)NC(=O)CNC(=O)[C@H](CCCN=C(N)N)N(C)C1=O.O=C(O)C[N-]C(CO)(CO)CO.O=S(=O)([O-])c1cccc([PH+](Cc2cccc(SOO[O-])c2)c2cccc(SOO[O-])c2)c1. The number of carboxylic acid groups (broad SMARTS) is 2. The second-order valence-electron chi connectivity index (χ2n) is 23.1. The second-order valence-corrected chi connectivity index (χ2v) is 28.9. The van der Waals surface area contributed by atoms with Crippen molar-refractivity contribution in [3.63, 3.8) is 0 Å². The van der Waals surface area contributed by atoms with Crippen molar-refractivity contribution in [3.05, 3.63) is 137 Å². The van der Waals surface area contributed by atoms with E-state index in [0.29, 0.717) is 64.0 Å². The van der Waals surface area contributed by atoms with E-state index in [4.69, 9.17) is 31.9 Å². The Labute approximate surface area is 622 Å². The van der Waals surface area contributed by atoms with E-state index in [1.807, 2.05) is 24.3 Å². The quantitative estimate of drug-likeness (QED) is 0.00343. The first-order valence-electron chi connectivity index (χ1n) is 31.5. The van der Waals surface area contributed by atoms with Gasteiger partial charge in [-0.15, -0.1) is 0 Å². The molecule has 2 unspecified atom stereocenters. The molecule has 16 N–H and O–H groups in total. The molecule has 4 atom stereocenters. The molecule has 0 saturated carbocycles. The maximum absolute atomic E-state index is 14.0. The van der Waals surface area contributed by atoms with E-state index in [1.54, 1.807) is 75.0 Å². The number of aliphatic hydroxyl groups excluding tert-OH is 3. The molecule has 573 valence electrons. The van der Waals surface area contributed by atoms with Gasteiger partial charge in [0.1, 0.15) is 28.2 Å². The third-order valence-corrected chi connectivity index (χ3v) is 19.9. The van der Waals surface area contributed by atoms with Crippen LogP contribution in [0.2, 0.25) is 0 Å². The summed E-state index contributed by atoms with van der Waals surface area (Å²) in [5.41, 5.74) is 13.9. The van der Waals surface area contributed by atoms with E-state index in [0.717, 1.165) is 39.9 Å². The van der Waals surface area contributed by atoms with Gasteiger partial charge in [0.15, 0.2) is 5.96 Å². The zero-order chi connectivity index (χ0) is 77.7. The number of pyridine rings is 1. The first-order chi connectivity index (χ1) is 50.0. The number of nitrogens with one attached hydrogen (secondary N) is 7. The van der Waals surface area contributed by atoms with Gasteiger partial charge in [-0.1, -0.05) is 43.7 Å². The topological polar surface area (TPSA) is 586 Å². The minimum absolute atomic E-state index is 0.0167. The minimum atomic E-state index is -4.62. The van der Waals surface area contributed by atoms with Crippen molar-refractivity contribution in [2.45, 2.75) is 110 Å². The number of aliphatic imine (C=N–C) groups is 1. The number of benzene rings is 4. The first-order valence-corrected chi connectivity index (χ1v) is 37.0. The van der Waals surface area contributed by atoms with Crippen LogP contribution in [-0.2, 0) is 93.8 Å². The number of hydrogen-bond donors (Lipinski definition) is 14. The number of nitrogens with zero attached hydrogens (tertiary/aromatic N) is 5. The summed E-state index contributed by atoms with van der Waals surface area (Å²) < 4.78 is 47.2. The standard InChI is InChI=1S/C38H53N13O9.C19H17O9PS3.C6H12NO5.Tc/c1-21(2)32-37(60)51(3)27(8-7-13-43-38(39)40)36(59)46-20-30(53)48-26(17-31(54)55)35(58)45-18-22-14-24(34(57)49-32)16-25(15-22)47-29(52)9-5-4-6-12-42-33(56)23-10-11-28(50-41)44-19-23;20-25-27-30-17-7-1-4-14(10-17)13-29(15-5-2-8-18(11-15)31-28-26-21)16-6-3-9-19(12-16)32(22,23)24;8-2-6(3-9,4-10)7-1-5(11)12;/h10-11,14-16,19,21,26-27,32H,4-9,12-13,17-18,20H2,1-3H3,(H,42,56)(H,44,50)(H,45,58)(H,46,59)(H,47,52)(H,48,53)(H,49,57)(H,54,55)(H4,39,40,43);1-12,20-21H,13H2,(H,22,23,24);8-10H,1-4H2,(H,11,12);/q;;-1;/p-2/t26-,27-,32?;;;/m0.../s1. The molecular weight excluding hydrogens is 1550 g/mol. The molecule has 2 bridgehead atoms. The Bertz CT molecular complexity index is 3880. The summed E-state index contributed by atoms with van der Waals surface area (Å²) in [6, 6.07) is 24.1. The number of anilines is 2. The van der Waals surface area contributed by atoms with Gasteiger partial charge in [-0.05, 0) is 103 Å². The number of aliphatic hydroxyl groups is 3. The molecule has 0 spiro atoms. The predicted molar refractivity (Wildman–Crippen MR) is 372 cm³/mol. The van der Waals surface area contributed by atoms with Gasteiger partial charge < -0.3 is 88.9 Å². The summed E-state index contributed by atoms with van der Waals surface area (Å²) in [4.78, 5) is 125. The minimum Gasteiger partial charge on any atom is -0.744 e. The van der Waals surface area contributed by atoms with Gasteiger partial charge in [0.2, 0.25) is 29.5 Å². The number of carbonyl (C=O) groups is 9. The zero-order valence-corrected chi connectivity index (χ0v) is 61.9. The van der Waals surface area contributed by atoms with E-state index in [-0.39, 0.29) is 66.3 Å². The molecular formula is C63H80N14O23PS3Tc-3. The van der Waals surface area contributed by atoms with Gasteiger partial charge >= 0.3 is 110 Å². The van der Waals surface area contributed by atoms with Crippen LogP contribution in [0.15, 0.2) is 133 Å². The summed E-state index contributed by atoms with van der Waals surface area (Å²) in [5, 5.41) is 91.5. The molecule has 7 amide bonds. The van der Waals surface area contributed by atoms with Crippen LogP contribution in [0, 0.1) is 5.92 Å². The fourth-order valence-corrected chi connectivity index (χ4v) is 14.0. The van der Waals surface area contributed by atoms with Gasteiger partial charge in [-0.3, -0.25) is 53.4 Å². The monoisotopic (exact) mass is 1620 g/mol. The zero-order valence-electron chi connectivity index (χ0n) is 56.6. The number of hydrogen-bond acceptors (Lipinski definition) is 27.